The number of carbonyl (C=O) groups excluding carboxylic acids is 1. The number of carbonyl (C=O) groups is 1. The highest BCUT2D eigenvalue weighted by atomic mass is 16.7. The van der Waals surface area contributed by atoms with Crippen molar-refractivity contribution in [2.45, 2.75) is 12.3 Å². The van der Waals surface area contributed by atoms with Crippen LogP contribution >= 0.6 is 0 Å². The molecule has 1 aliphatic rings. The van der Waals surface area contributed by atoms with E-state index in [1.165, 1.54) is 0 Å². The summed E-state index contributed by atoms with van der Waals surface area (Å²) >= 11 is 0. The summed E-state index contributed by atoms with van der Waals surface area (Å²) in [6.07, 6.45) is -0.0658. The highest BCUT2D eigenvalue weighted by Gasteiger charge is 2.19. The van der Waals surface area contributed by atoms with E-state index in [0.717, 1.165) is 11.1 Å². The molecule has 4 heteroatoms. The molecule has 0 aliphatic carbocycles. The number of hydrogen-bond acceptors (Lipinski definition) is 4. The maximum absolute atomic E-state index is 11.0. The van der Waals surface area contributed by atoms with E-state index in [4.69, 9.17) is 9.47 Å². The van der Waals surface area contributed by atoms with E-state index in [9.17, 15) is 9.90 Å². The molecule has 2 aromatic rings. The lowest BCUT2D eigenvalue weighted by Gasteiger charge is -2.19. The van der Waals surface area contributed by atoms with Crippen LogP contribution in [-0.4, -0.2) is 12.8 Å². The van der Waals surface area contributed by atoms with Crippen molar-refractivity contribution < 1.29 is 19.4 Å². The van der Waals surface area contributed by atoms with Crippen molar-refractivity contribution in [1.82, 2.24) is 0 Å². The van der Waals surface area contributed by atoms with Gasteiger partial charge in [-0.15, -0.1) is 0 Å². The Labute approximate surface area is 116 Å². The van der Waals surface area contributed by atoms with Gasteiger partial charge < -0.3 is 19.4 Å². The van der Waals surface area contributed by atoms with Crippen molar-refractivity contribution in [2.75, 3.05) is 6.79 Å². The average molecular weight is 269 g/mol. The Morgan fingerprint density at radius 3 is 2.55 bits per heavy atom. The fourth-order valence-electron chi connectivity index (χ4n) is 2.41. The van der Waals surface area contributed by atoms with Crippen molar-refractivity contribution >= 4 is 5.97 Å². The minimum Gasteiger partial charge on any atom is -0.550 e. The zero-order valence-corrected chi connectivity index (χ0v) is 10.7. The molecule has 3 rings (SSSR count). The molecular weight excluding hydrogens is 256 g/mol. The van der Waals surface area contributed by atoms with Gasteiger partial charge in [0.25, 0.3) is 0 Å². The van der Waals surface area contributed by atoms with Crippen LogP contribution in [0.25, 0.3) is 0 Å². The summed E-state index contributed by atoms with van der Waals surface area (Å²) < 4.78 is 10.6. The molecule has 0 bridgehead atoms. The molecule has 0 saturated heterocycles. The molecule has 0 fully saturated rings. The quantitative estimate of drug-likeness (QED) is 0.847. The summed E-state index contributed by atoms with van der Waals surface area (Å²) in [6.45, 7) is 0.204. The molecule has 2 aromatic carbocycles. The lowest BCUT2D eigenvalue weighted by molar-refractivity contribution is -0.305. The summed E-state index contributed by atoms with van der Waals surface area (Å²) in [5, 5.41) is 11.0. The fraction of sp³-hybridized carbons (Fsp3) is 0.188. The van der Waals surface area contributed by atoms with Gasteiger partial charge in [-0.3, -0.25) is 0 Å². The van der Waals surface area contributed by atoms with Gasteiger partial charge in [0.1, 0.15) is 0 Å². The third kappa shape index (κ3) is 2.45. The van der Waals surface area contributed by atoms with Gasteiger partial charge in [-0.25, -0.2) is 0 Å². The van der Waals surface area contributed by atoms with Crippen LogP contribution in [0.4, 0.5) is 0 Å². The molecule has 0 spiro atoms. The van der Waals surface area contributed by atoms with Crippen LogP contribution in [-0.2, 0) is 4.79 Å². The first-order chi connectivity index (χ1) is 9.74. The molecule has 1 aliphatic heterocycles. The monoisotopic (exact) mass is 269 g/mol. The van der Waals surface area contributed by atoms with Crippen LogP contribution < -0.4 is 14.6 Å². The number of hydrogen-bond donors (Lipinski definition) is 0. The number of ether oxygens (including phenoxy) is 2. The van der Waals surface area contributed by atoms with Gasteiger partial charge in [0, 0.05) is 11.9 Å². The smallest absolute Gasteiger partial charge is 0.231 e. The Morgan fingerprint density at radius 2 is 1.80 bits per heavy atom. The van der Waals surface area contributed by atoms with Gasteiger partial charge in [0.05, 0.1) is 0 Å². The Morgan fingerprint density at radius 1 is 1.05 bits per heavy atom. The first-order valence-corrected chi connectivity index (χ1v) is 6.38. The molecule has 0 unspecified atom stereocenters. The summed E-state index contributed by atoms with van der Waals surface area (Å²) in [7, 11) is 0. The maximum atomic E-state index is 11.0. The van der Waals surface area contributed by atoms with Crippen LogP contribution in [0.3, 0.4) is 0 Å². The Bertz CT molecular complexity index is 622. The first-order valence-electron chi connectivity index (χ1n) is 6.38. The Balaban J connectivity index is 1.99. The van der Waals surface area contributed by atoms with Gasteiger partial charge in [0.15, 0.2) is 11.5 Å². The fourth-order valence-corrected chi connectivity index (χ4v) is 2.41. The van der Waals surface area contributed by atoms with Gasteiger partial charge in [-0.05, 0) is 29.7 Å². The van der Waals surface area contributed by atoms with Crippen LogP contribution in [0, 0.1) is 0 Å². The van der Waals surface area contributed by atoms with E-state index in [-0.39, 0.29) is 19.1 Å². The van der Waals surface area contributed by atoms with Gasteiger partial charge in [-0.2, -0.15) is 0 Å². The number of aliphatic carboxylic acids is 1. The van der Waals surface area contributed by atoms with Crippen molar-refractivity contribution in [3.8, 4) is 11.5 Å². The van der Waals surface area contributed by atoms with Crippen LogP contribution in [0.15, 0.2) is 48.5 Å². The van der Waals surface area contributed by atoms with E-state index in [0.29, 0.717) is 11.5 Å². The summed E-state index contributed by atoms with van der Waals surface area (Å²) in [5.74, 6) is 0.0167. The minimum absolute atomic E-state index is 0.0658. The summed E-state index contributed by atoms with van der Waals surface area (Å²) in [5.41, 5.74) is 1.82. The normalized spacial score (nSPS) is 14.0. The van der Waals surface area contributed by atoms with Crippen LogP contribution in [0.5, 0.6) is 11.5 Å². The van der Waals surface area contributed by atoms with E-state index >= 15 is 0 Å². The molecule has 0 aromatic heterocycles. The predicted octanol–water partition coefficient (Wildman–Crippen LogP) is 1.69. The summed E-state index contributed by atoms with van der Waals surface area (Å²) in [4.78, 5) is 11.0. The molecule has 0 radical (unpaired) electrons. The van der Waals surface area contributed by atoms with Crippen molar-refractivity contribution in [2.24, 2.45) is 0 Å². The molecule has 4 nitrogen and oxygen atoms in total. The number of carboxylic acids is 1. The molecule has 102 valence electrons. The van der Waals surface area contributed by atoms with Gasteiger partial charge >= 0.3 is 0 Å². The van der Waals surface area contributed by atoms with Crippen LogP contribution in [0.2, 0.25) is 0 Å². The molecule has 0 amide bonds. The van der Waals surface area contributed by atoms with Crippen LogP contribution in [0.1, 0.15) is 23.5 Å². The highest BCUT2D eigenvalue weighted by Crippen LogP contribution is 2.37. The number of rotatable bonds is 4. The standard InChI is InChI=1S/C16H14O4/c17-16(18)9-13(11-4-2-1-3-5-11)12-6-7-14-15(8-12)20-10-19-14/h1-8,13H,9-10H2,(H,17,18)/p-1/t13-/m0/s1. The zero-order valence-electron chi connectivity index (χ0n) is 10.7. The van der Waals surface area contributed by atoms with Crippen molar-refractivity contribution in [3.63, 3.8) is 0 Å². The Kier molecular flexibility index (Phi) is 3.29. The third-order valence-electron chi connectivity index (χ3n) is 3.37. The highest BCUT2D eigenvalue weighted by molar-refractivity contribution is 5.67. The predicted molar refractivity (Wildman–Crippen MR) is 70.5 cm³/mol. The number of fused-ring (bicyclic) bond motifs is 1. The average Bonchev–Trinajstić information content (AvgIpc) is 2.93. The second-order valence-corrected chi connectivity index (χ2v) is 4.65. The minimum atomic E-state index is -1.07. The van der Waals surface area contributed by atoms with E-state index in [1.807, 2.05) is 48.5 Å². The maximum Gasteiger partial charge on any atom is 0.231 e. The SMILES string of the molecule is O=C([O-])C[C@@H](c1ccccc1)c1ccc2c(c1)OCO2. The number of carboxylic acid groups (broad SMARTS) is 1. The summed E-state index contributed by atoms with van der Waals surface area (Å²) in [6, 6.07) is 15.0. The van der Waals surface area contributed by atoms with E-state index in [2.05, 4.69) is 0 Å². The third-order valence-corrected chi connectivity index (χ3v) is 3.37. The Hall–Kier alpha value is -2.49. The molecular formula is C16H13O4-. The van der Waals surface area contributed by atoms with Gasteiger partial charge in [0.2, 0.25) is 6.79 Å². The molecule has 0 saturated carbocycles. The largest absolute Gasteiger partial charge is 0.550 e. The van der Waals surface area contributed by atoms with E-state index < -0.39 is 5.97 Å². The second-order valence-electron chi connectivity index (χ2n) is 4.65. The zero-order chi connectivity index (χ0) is 13.9. The van der Waals surface area contributed by atoms with Crippen molar-refractivity contribution in [3.05, 3.63) is 59.7 Å². The lowest BCUT2D eigenvalue weighted by atomic mass is 9.88. The second kappa shape index (κ2) is 5.25. The molecule has 0 N–H and O–H groups in total. The molecule has 1 heterocycles. The van der Waals surface area contributed by atoms with E-state index in [1.54, 1.807) is 0 Å². The molecule has 1 atom stereocenters. The molecule has 20 heavy (non-hydrogen) atoms. The lowest BCUT2D eigenvalue weighted by Crippen LogP contribution is -2.24. The topological polar surface area (TPSA) is 58.6 Å². The van der Waals surface area contributed by atoms with Gasteiger partial charge in [-0.1, -0.05) is 36.4 Å². The van der Waals surface area contributed by atoms with Crippen molar-refractivity contribution in [1.29, 1.82) is 0 Å². The number of benzene rings is 2. The first kappa shape index (κ1) is 12.5.